The van der Waals surface area contributed by atoms with Gasteiger partial charge in [-0.1, -0.05) is 29.9 Å². The molecule has 4 nitrogen and oxygen atoms in total. The Hall–Kier alpha value is -2.27. The molecule has 5 heteroatoms. The van der Waals surface area contributed by atoms with Gasteiger partial charge in [0.05, 0.1) is 6.26 Å². The number of carbonyl (C=O) groups is 2. The van der Waals surface area contributed by atoms with Crippen LogP contribution in [0, 0.1) is 6.92 Å². The smallest absolute Gasteiger partial charge is 0.251 e. The molecule has 0 spiro atoms. The second kappa shape index (κ2) is 6.95. The summed E-state index contributed by atoms with van der Waals surface area (Å²) in [5.74, 6) is -0.111. The lowest BCUT2D eigenvalue weighted by Gasteiger charge is -2.06. The molecule has 0 radical (unpaired) electrons. The summed E-state index contributed by atoms with van der Waals surface area (Å²) in [6, 6.07) is 10.5. The van der Waals surface area contributed by atoms with Crippen LogP contribution in [0.15, 0.2) is 47.1 Å². The number of rotatable bonds is 6. The Morgan fingerprint density at radius 3 is 2.52 bits per heavy atom. The van der Waals surface area contributed by atoms with E-state index in [9.17, 15) is 9.59 Å². The summed E-state index contributed by atoms with van der Waals surface area (Å²) in [6.45, 7) is 2.14. The second-order valence-electron chi connectivity index (χ2n) is 4.66. The number of amides is 1. The SMILES string of the molecule is Cc1ccc(C(=O)NCC(=S)CC(=O)c2ccco2)cc1. The van der Waals surface area contributed by atoms with E-state index in [0.29, 0.717) is 10.4 Å². The van der Waals surface area contributed by atoms with Gasteiger partial charge < -0.3 is 9.73 Å². The zero-order chi connectivity index (χ0) is 15.2. The summed E-state index contributed by atoms with van der Waals surface area (Å²) in [6.07, 6.45) is 1.52. The van der Waals surface area contributed by atoms with Crippen LogP contribution in [-0.4, -0.2) is 23.1 Å². The molecular formula is C16H15NO3S. The van der Waals surface area contributed by atoms with Gasteiger partial charge in [0.25, 0.3) is 5.91 Å². The van der Waals surface area contributed by atoms with Crippen molar-refractivity contribution in [1.29, 1.82) is 0 Å². The summed E-state index contributed by atoms with van der Waals surface area (Å²) in [4.78, 5) is 24.1. The maximum Gasteiger partial charge on any atom is 0.251 e. The maximum atomic E-state index is 11.9. The Bertz CT molecular complexity index is 645. The van der Waals surface area contributed by atoms with Crippen LogP contribution in [0.2, 0.25) is 0 Å². The quantitative estimate of drug-likeness (QED) is 0.658. The lowest BCUT2D eigenvalue weighted by molar-refractivity contribution is 0.0950. The average Bonchev–Trinajstić information content (AvgIpc) is 3.00. The third kappa shape index (κ3) is 4.36. The highest BCUT2D eigenvalue weighted by molar-refractivity contribution is 7.80. The van der Waals surface area contributed by atoms with E-state index in [-0.39, 0.29) is 30.4 Å². The van der Waals surface area contributed by atoms with Gasteiger partial charge >= 0.3 is 0 Å². The van der Waals surface area contributed by atoms with Gasteiger partial charge in [0.1, 0.15) is 0 Å². The molecule has 0 unspecified atom stereocenters. The topological polar surface area (TPSA) is 59.3 Å². The molecule has 0 aliphatic rings. The van der Waals surface area contributed by atoms with Crippen molar-refractivity contribution in [3.05, 3.63) is 59.5 Å². The van der Waals surface area contributed by atoms with E-state index < -0.39 is 0 Å². The van der Waals surface area contributed by atoms with Crippen LogP contribution in [-0.2, 0) is 0 Å². The van der Waals surface area contributed by atoms with Crippen LogP contribution < -0.4 is 5.32 Å². The van der Waals surface area contributed by atoms with Crippen molar-refractivity contribution in [2.24, 2.45) is 0 Å². The van der Waals surface area contributed by atoms with Crippen LogP contribution in [0.25, 0.3) is 0 Å². The number of hydrogen-bond acceptors (Lipinski definition) is 4. The van der Waals surface area contributed by atoms with E-state index in [1.807, 2.05) is 19.1 Å². The molecule has 0 aliphatic carbocycles. The Morgan fingerprint density at radius 1 is 1.19 bits per heavy atom. The van der Waals surface area contributed by atoms with Crippen LogP contribution in [0.3, 0.4) is 0 Å². The van der Waals surface area contributed by atoms with E-state index in [0.717, 1.165) is 5.56 Å². The molecule has 2 aromatic rings. The molecule has 108 valence electrons. The average molecular weight is 301 g/mol. The molecule has 0 saturated carbocycles. The van der Waals surface area contributed by atoms with Gasteiger partial charge in [0, 0.05) is 23.4 Å². The number of furan rings is 1. The fraction of sp³-hybridized carbons (Fsp3) is 0.188. The van der Waals surface area contributed by atoms with Crippen molar-refractivity contribution >= 4 is 28.8 Å². The first kappa shape index (κ1) is 15.1. The minimum Gasteiger partial charge on any atom is -0.461 e. The normalized spacial score (nSPS) is 10.1. The van der Waals surface area contributed by atoms with E-state index in [2.05, 4.69) is 5.32 Å². The van der Waals surface area contributed by atoms with Crippen LogP contribution in [0.4, 0.5) is 0 Å². The standard InChI is InChI=1S/C16H15NO3S/c1-11-4-6-12(7-5-11)16(19)17-10-13(21)9-14(18)15-3-2-8-20-15/h2-8H,9-10H2,1H3,(H,17,19). The highest BCUT2D eigenvalue weighted by atomic mass is 32.1. The molecule has 1 aromatic heterocycles. The number of hydrogen-bond donors (Lipinski definition) is 1. The Balaban J connectivity index is 1.82. The molecule has 1 heterocycles. The van der Waals surface area contributed by atoms with Crippen molar-refractivity contribution < 1.29 is 14.0 Å². The van der Waals surface area contributed by atoms with Crippen molar-refractivity contribution in [2.75, 3.05) is 6.54 Å². The van der Waals surface area contributed by atoms with Gasteiger partial charge in [-0.2, -0.15) is 0 Å². The summed E-state index contributed by atoms with van der Waals surface area (Å²) < 4.78 is 5.01. The fourth-order valence-electron chi connectivity index (χ4n) is 1.75. The van der Waals surface area contributed by atoms with E-state index in [4.69, 9.17) is 16.6 Å². The fourth-order valence-corrected chi connectivity index (χ4v) is 1.96. The summed E-state index contributed by atoms with van der Waals surface area (Å²) in [5.41, 5.74) is 1.66. The van der Waals surface area contributed by atoms with Gasteiger partial charge in [0.15, 0.2) is 5.76 Å². The van der Waals surface area contributed by atoms with Gasteiger partial charge in [-0.15, -0.1) is 0 Å². The second-order valence-corrected chi connectivity index (χ2v) is 5.24. The molecular weight excluding hydrogens is 286 g/mol. The first-order chi connectivity index (χ1) is 10.1. The van der Waals surface area contributed by atoms with Crippen molar-refractivity contribution in [2.45, 2.75) is 13.3 Å². The number of aryl methyl sites for hydroxylation is 1. The van der Waals surface area contributed by atoms with Crippen LogP contribution in [0.1, 0.15) is 32.9 Å². The zero-order valence-corrected chi connectivity index (χ0v) is 12.4. The molecule has 1 N–H and O–H groups in total. The van der Waals surface area contributed by atoms with Crippen molar-refractivity contribution in [3.63, 3.8) is 0 Å². The number of Topliss-reactive ketones (excluding diaryl/α,β-unsaturated/α-hetero) is 1. The Kier molecular flexibility index (Phi) is 5.00. The first-order valence-corrected chi connectivity index (χ1v) is 6.90. The number of thiocarbonyl (C=S) groups is 1. The van der Waals surface area contributed by atoms with Gasteiger partial charge in [0.2, 0.25) is 5.78 Å². The summed E-state index contributed by atoms with van der Waals surface area (Å²) in [7, 11) is 0. The largest absolute Gasteiger partial charge is 0.461 e. The molecule has 0 aliphatic heterocycles. The minimum absolute atomic E-state index is 0.0804. The first-order valence-electron chi connectivity index (χ1n) is 6.49. The lowest BCUT2D eigenvalue weighted by Crippen LogP contribution is -2.29. The highest BCUT2D eigenvalue weighted by Crippen LogP contribution is 2.06. The van der Waals surface area contributed by atoms with Gasteiger partial charge in [-0.3, -0.25) is 9.59 Å². The van der Waals surface area contributed by atoms with Crippen molar-refractivity contribution in [3.8, 4) is 0 Å². The predicted molar refractivity (Wildman–Crippen MR) is 83.8 cm³/mol. The molecule has 0 fully saturated rings. The molecule has 0 bridgehead atoms. The Labute approximate surface area is 128 Å². The third-order valence-electron chi connectivity index (χ3n) is 2.91. The molecule has 0 atom stereocenters. The van der Waals surface area contributed by atoms with Crippen molar-refractivity contribution in [1.82, 2.24) is 5.32 Å². The van der Waals surface area contributed by atoms with E-state index >= 15 is 0 Å². The zero-order valence-electron chi connectivity index (χ0n) is 11.6. The lowest BCUT2D eigenvalue weighted by atomic mass is 10.1. The highest BCUT2D eigenvalue weighted by Gasteiger charge is 2.12. The monoisotopic (exact) mass is 301 g/mol. The van der Waals surface area contributed by atoms with Gasteiger partial charge in [-0.05, 0) is 31.2 Å². The summed E-state index contributed by atoms with van der Waals surface area (Å²) >= 11 is 5.12. The van der Waals surface area contributed by atoms with Crippen LogP contribution >= 0.6 is 12.2 Å². The van der Waals surface area contributed by atoms with Crippen LogP contribution in [0.5, 0.6) is 0 Å². The molecule has 1 aromatic carbocycles. The van der Waals surface area contributed by atoms with E-state index in [1.54, 1.807) is 24.3 Å². The molecule has 2 rings (SSSR count). The number of ketones is 1. The van der Waals surface area contributed by atoms with E-state index in [1.165, 1.54) is 6.26 Å². The third-order valence-corrected chi connectivity index (χ3v) is 3.20. The number of benzene rings is 1. The molecule has 0 saturated heterocycles. The predicted octanol–water partition coefficient (Wildman–Crippen LogP) is 2.96. The minimum atomic E-state index is -0.206. The molecule has 1 amide bonds. The maximum absolute atomic E-state index is 11.9. The summed E-state index contributed by atoms with van der Waals surface area (Å²) in [5, 5.41) is 2.71. The number of nitrogens with one attached hydrogen (secondary N) is 1. The molecule has 21 heavy (non-hydrogen) atoms. The Morgan fingerprint density at radius 2 is 1.90 bits per heavy atom. The van der Waals surface area contributed by atoms with Gasteiger partial charge in [-0.25, -0.2) is 0 Å². The number of carbonyl (C=O) groups excluding carboxylic acids is 2.